The van der Waals surface area contributed by atoms with E-state index in [1.807, 2.05) is 65.6 Å². The first-order chi connectivity index (χ1) is 24.7. The van der Waals surface area contributed by atoms with Gasteiger partial charge in [0.15, 0.2) is 0 Å². The molecule has 2 aromatic rings. The van der Waals surface area contributed by atoms with Gasteiger partial charge in [-0.05, 0) is 36.8 Å². The Bertz CT molecular complexity index is 1580. The van der Waals surface area contributed by atoms with Gasteiger partial charge < -0.3 is 29.7 Å². The van der Waals surface area contributed by atoms with Crippen LogP contribution in [0.15, 0.2) is 86.0 Å². The van der Waals surface area contributed by atoms with Gasteiger partial charge in [-0.1, -0.05) is 108 Å². The maximum atomic E-state index is 15.1. The maximum absolute atomic E-state index is 15.1. The summed E-state index contributed by atoms with van der Waals surface area (Å²) in [7, 11) is 0. The Balaban J connectivity index is 1.37. The predicted molar refractivity (Wildman–Crippen MR) is 195 cm³/mol. The maximum Gasteiger partial charge on any atom is 0.313 e. The van der Waals surface area contributed by atoms with Crippen molar-refractivity contribution in [2.75, 3.05) is 19.7 Å². The van der Waals surface area contributed by atoms with Gasteiger partial charge in [-0.2, -0.15) is 0 Å². The summed E-state index contributed by atoms with van der Waals surface area (Å²) in [5.74, 6) is -3.57. The number of ether oxygens (including phenoxy) is 2. The van der Waals surface area contributed by atoms with Crippen LogP contribution < -0.4 is 5.32 Å². The predicted octanol–water partition coefficient (Wildman–Crippen LogP) is 5.18. The van der Waals surface area contributed by atoms with Crippen LogP contribution in [0.3, 0.4) is 0 Å². The molecule has 6 rings (SSSR count). The molecule has 4 aliphatic rings. The Labute approximate surface area is 308 Å². The van der Waals surface area contributed by atoms with Crippen LogP contribution in [-0.4, -0.2) is 86.9 Å². The molecule has 2 N–H and O–H groups in total. The van der Waals surface area contributed by atoms with Crippen molar-refractivity contribution in [1.29, 1.82) is 0 Å². The third-order valence-electron chi connectivity index (χ3n) is 11.0. The second-order valence-corrected chi connectivity index (χ2v) is 15.2. The smallest absolute Gasteiger partial charge is 0.313 e. The van der Waals surface area contributed by atoms with E-state index in [-0.39, 0.29) is 35.6 Å². The lowest BCUT2D eigenvalue weighted by Gasteiger charge is -2.42. The molecule has 3 saturated heterocycles. The van der Waals surface area contributed by atoms with Crippen LogP contribution in [-0.2, 0) is 28.7 Å². The molecule has 3 heterocycles. The number of nitrogens with one attached hydrogen (secondary N) is 1. The van der Waals surface area contributed by atoms with Gasteiger partial charge in [-0.3, -0.25) is 19.2 Å². The van der Waals surface area contributed by atoms with Crippen molar-refractivity contribution < 1.29 is 33.8 Å². The molecule has 2 aromatic carbocycles. The minimum absolute atomic E-state index is 0.0200. The minimum atomic E-state index is -1.34. The molecule has 10 nitrogen and oxygen atoms in total. The highest BCUT2D eigenvalue weighted by molar-refractivity contribution is 9.09. The Kier molecular flexibility index (Phi) is 11.8. The summed E-state index contributed by atoms with van der Waals surface area (Å²) in [5.41, 5.74) is 0.0259. The number of benzene rings is 2. The monoisotopic (exact) mass is 761 g/mol. The number of likely N-dealkylation sites (tertiary alicyclic amines) is 1. The SMILES string of the molecule is C=CCCC(=O)NC[C@@H](OC(=O)[C@@H]1[C@H]2O[C@@]3(CC2Br)[C@H](C(=O)N(CC=C)C2CCCCC2)N([C@H](CO)c2ccccc2)C(=O)[C@@H]13)c1ccccc1. The van der Waals surface area contributed by atoms with Crippen LogP contribution in [0.4, 0.5) is 0 Å². The van der Waals surface area contributed by atoms with E-state index in [1.54, 1.807) is 12.2 Å². The summed E-state index contributed by atoms with van der Waals surface area (Å²) in [6, 6.07) is 16.4. The zero-order valence-corrected chi connectivity index (χ0v) is 30.5. The van der Waals surface area contributed by atoms with E-state index in [4.69, 9.17) is 9.47 Å². The number of carbonyl (C=O) groups is 4. The largest absolute Gasteiger partial charge is 0.455 e. The lowest BCUT2D eigenvalue weighted by molar-refractivity contribution is -0.161. The average Bonchev–Trinajstić information content (AvgIpc) is 3.75. The highest BCUT2D eigenvalue weighted by Gasteiger charge is 2.78. The number of hydrogen-bond donors (Lipinski definition) is 2. The van der Waals surface area contributed by atoms with E-state index in [0.717, 1.165) is 32.1 Å². The van der Waals surface area contributed by atoms with Gasteiger partial charge in [-0.25, -0.2) is 0 Å². The van der Waals surface area contributed by atoms with Crippen molar-refractivity contribution in [1.82, 2.24) is 15.1 Å². The van der Waals surface area contributed by atoms with Crippen molar-refractivity contribution in [3.05, 3.63) is 97.1 Å². The summed E-state index contributed by atoms with van der Waals surface area (Å²) in [6.07, 6.45) is 7.73. The quantitative estimate of drug-likeness (QED) is 0.146. The number of aliphatic hydroxyl groups excluding tert-OH is 1. The second kappa shape index (κ2) is 16.3. The molecule has 1 aliphatic carbocycles. The topological polar surface area (TPSA) is 125 Å². The van der Waals surface area contributed by atoms with Gasteiger partial charge in [0.05, 0.1) is 37.1 Å². The molecule has 272 valence electrons. The lowest BCUT2D eigenvalue weighted by atomic mass is 9.70. The third-order valence-corrected chi connectivity index (χ3v) is 11.9. The van der Waals surface area contributed by atoms with Crippen LogP contribution >= 0.6 is 15.9 Å². The van der Waals surface area contributed by atoms with Crippen LogP contribution in [0.2, 0.25) is 0 Å². The summed E-state index contributed by atoms with van der Waals surface area (Å²) >= 11 is 3.76. The number of halogens is 1. The minimum Gasteiger partial charge on any atom is -0.455 e. The molecular weight excluding hydrogens is 714 g/mol. The molecular formula is C40H48BrN3O7. The molecule has 1 saturated carbocycles. The third kappa shape index (κ3) is 7.17. The lowest BCUT2D eigenvalue weighted by Crippen LogP contribution is -2.59. The van der Waals surface area contributed by atoms with E-state index < -0.39 is 60.2 Å². The molecule has 3 aliphatic heterocycles. The molecule has 11 heteroatoms. The Morgan fingerprint density at radius 1 is 1.04 bits per heavy atom. The van der Waals surface area contributed by atoms with Crippen LogP contribution in [0.1, 0.15) is 74.6 Å². The Hall–Kier alpha value is -3.80. The average molecular weight is 763 g/mol. The molecule has 2 bridgehead atoms. The molecule has 8 atom stereocenters. The van der Waals surface area contributed by atoms with Crippen molar-refractivity contribution in [2.24, 2.45) is 11.8 Å². The number of carbonyl (C=O) groups excluding carboxylic acids is 4. The molecule has 1 spiro atoms. The second-order valence-electron chi connectivity index (χ2n) is 14.1. The number of alkyl halides is 1. The summed E-state index contributed by atoms with van der Waals surface area (Å²) in [4.78, 5) is 60.0. The Morgan fingerprint density at radius 2 is 1.71 bits per heavy atom. The van der Waals surface area contributed by atoms with E-state index >= 15 is 4.79 Å². The normalized spacial score (nSPS) is 28.1. The van der Waals surface area contributed by atoms with E-state index in [1.165, 1.54) is 4.90 Å². The van der Waals surface area contributed by atoms with Gasteiger partial charge in [0.25, 0.3) is 0 Å². The van der Waals surface area contributed by atoms with Crippen LogP contribution in [0, 0.1) is 11.8 Å². The first-order valence-corrected chi connectivity index (χ1v) is 19.0. The van der Waals surface area contributed by atoms with Gasteiger partial charge in [-0.15, -0.1) is 13.2 Å². The summed E-state index contributed by atoms with van der Waals surface area (Å²) < 4.78 is 13.0. The van der Waals surface area contributed by atoms with E-state index in [2.05, 4.69) is 34.4 Å². The zero-order valence-electron chi connectivity index (χ0n) is 28.9. The molecule has 1 unspecified atom stereocenters. The number of amides is 3. The first-order valence-electron chi connectivity index (χ1n) is 18.1. The van der Waals surface area contributed by atoms with Crippen LogP contribution in [0.5, 0.6) is 0 Å². The zero-order chi connectivity index (χ0) is 36.1. The fourth-order valence-electron chi connectivity index (χ4n) is 8.73. The van der Waals surface area contributed by atoms with Gasteiger partial charge >= 0.3 is 5.97 Å². The number of fused-ring (bicyclic) bond motifs is 1. The van der Waals surface area contributed by atoms with Gasteiger partial charge in [0, 0.05) is 23.8 Å². The number of hydrogen-bond acceptors (Lipinski definition) is 7. The number of nitrogens with zero attached hydrogens (tertiary/aromatic N) is 2. The number of aliphatic hydroxyl groups is 1. The van der Waals surface area contributed by atoms with E-state index in [0.29, 0.717) is 30.5 Å². The standard InChI is InChI=1S/C40H48BrN3O7/c1-3-5-21-32(46)42-24-31(27-17-11-7-12-18-27)50-39(49)33-34-37(47)44(30(25-45)26-15-9-6-10-16-26)36(40(34)23-29(41)35(33)51-40)38(48)43(22-4-2)28-19-13-8-14-20-28/h3-4,6-7,9-12,15-18,28-31,33-36,45H,1-2,5,8,13-14,19-25H2,(H,42,46)/t29?,30-,31-,33+,34-,35+,36+,40-/m1/s1. The molecule has 4 fully saturated rings. The van der Waals surface area contributed by atoms with Gasteiger partial charge in [0.2, 0.25) is 17.7 Å². The molecule has 0 radical (unpaired) electrons. The van der Waals surface area contributed by atoms with Crippen molar-refractivity contribution in [2.45, 2.75) is 92.1 Å². The Morgan fingerprint density at radius 3 is 2.33 bits per heavy atom. The fourth-order valence-corrected chi connectivity index (χ4v) is 9.67. The van der Waals surface area contributed by atoms with Crippen molar-refractivity contribution in [3.8, 4) is 0 Å². The number of allylic oxidation sites excluding steroid dienone is 1. The summed E-state index contributed by atoms with van der Waals surface area (Å²) in [5, 5.41) is 13.8. The highest BCUT2D eigenvalue weighted by Crippen LogP contribution is 2.61. The van der Waals surface area contributed by atoms with Gasteiger partial charge in [0.1, 0.15) is 17.7 Å². The van der Waals surface area contributed by atoms with E-state index in [9.17, 15) is 19.5 Å². The highest BCUT2D eigenvalue weighted by atomic mass is 79.9. The number of rotatable bonds is 15. The van der Waals surface area contributed by atoms with Crippen molar-refractivity contribution in [3.63, 3.8) is 0 Å². The fraction of sp³-hybridized carbons (Fsp3) is 0.500. The van der Waals surface area contributed by atoms with Crippen LogP contribution in [0.25, 0.3) is 0 Å². The van der Waals surface area contributed by atoms with Crippen molar-refractivity contribution >= 4 is 39.6 Å². The number of esters is 1. The molecule has 3 amide bonds. The first kappa shape index (κ1) is 37.0. The molecule has 0 aromatic heterocycles. The molecule has 51 heavy (non-hydrogen) atoms. The summed E-state index contributed by atoms with van der Waals surface area (Å²) in [6.45, 7) is 7.54.